The van der Waals surface area contributed by atoms with E-state index in [2.05, 4.69) is 20.9 Å². The van der Waals surface area contributed by atoms with Gasteiger partial charge in [-0.3, -0.25) is 4.79 Å². The van der Waals surface area contributed by atoms with Crippen LogP contribution in [0, 0.1) is 0 Å². The summed E-state index contributed by atoms with van der Waals surface area (Å²) in [6.45, 7) is 0. The first kappa shape index (κ1) is 10.4. The number of rotatable bonds is 0. The fourth-order valence-electron chi connectivity index (χ4n) is 1.99. The molecule has 0 unspecified atom stereocenters. The molecule has 1 aromatic heterocycles. The van der Waals surface area contributed by atoms with Gasteiger partial charge in [0, 0.05) is 16.6 Å². The third kappa shape index (κ3) is 1.45. The fourth-order valence-corrected chi connectivity index (χ4v) is 2.51. The molecule has 1 heterocycles. The van der Waals surface area contributed by atoms with E-state index in [0.717, 1.165) is 11.0 Å². The predicted octanol–water partition coefficient (Wildman–Crippen LogP) is 3.03. The molecule has 3 nitrogen and oxygen atoms in total. The van der Waals surface area contributed by atoms with E-state index >= 15 is 0 Å². The Morgan fingerprint density at radius 3 is 2.65 bits per heavy atom. The molecule has 0 radical (unpaired) electrons. The number of anilines is 1. The maximum atomic E-state index is 12.4. The molecular weight excluding hydrogens is 280 g/mol. The molecular formula is C13H9BrN2O. The summed E-state index contributed by atoms with van der Waals surface area (Å²) < 4.78 is 0.655. The number of H-pyrrole nitrogens is 1. The Kier molecular flexibility index (Phi) is 2.19. The number of nitrogen functional groups attached to an aromatic ring is 1. The smallest absolute Gasteiger partial charge is 0.198 e. The normalized spacial score (nSPS) is 11.1. The Morgan fingerprint density at radius 2 is 1.82 bits per heavy atom. The summed E-state index contributed by atoms with van der Waals surface area (Å²) in [6.07, 6.45) is 0. The van der Waals surface area contributed by atoms with Gasteiger partial charge in [0.2, 0.25) is 0 Å². The number of aromatic amines is 1. The van der Waals surface area contributed by atoms with Crippen molar-refractivity contribution in [1.82, 2.24) is 4.98 Å². The Balaban J connectivity index is 2.66. The first-order valence-electron chi connectivity index (χ1n) is 5.17. The summed E-state index contributed by atoms with van der Waals surface area (Å²) in [5.74, 6) is 0. The molecule has 0 bridgehead atoms. The van der Waals surface area contributed by atoms with Gasteiger partial charge in [-0.15, -0.1) is 0 Å². The van der Waals surface area contributed by atoms with E-state index in [1.807, 2.05) is 30.3 Å². The number of pyridine rings is 1. The summed E-state index contributed by atoms with van der Waals surface area (Å²) >= 11 is 3.37. The molecule has 2 aromatic carbocycles. The molecule has 84 valence electrons. The lowest BCUT2D eigenvalue weighted by Gasteiger charge is -2.05. The summed E-state index contributed by atoms with van der Waals surface area (Å²) in [7, 11) is 0. The summed E-state index contributed by atoms with van der Waals surface area (Å²) in [5, 5.41) is 1.27. The highest BCUT2D eigenvalue weighted by molar-refractivity contribution is 9.10. The van der Waals surface area contributed by atoms with Crippen molar-refractivity contribution in [3.05, 3.63) is 51.1 Å². The highest BCUT2D eigenvalue weighted by Crippen LogP contribution is 2.27. The number of halogens is 1. The minimum atomic E-state index is -0.00600. The molecule has 0 aliphatic heterocycles. The van der Waals surface area contributed by atoms with Crippen LogP contribution in [-0.4, -0.2) is 4.98 Å². The van der Waals surface area contributed by atoms with Crippen molar-refractivity contribution < 1.29 is 0 Å². The van der Waals surface area contributed by atoms with Gasteiger partial charge < -0.3 is 10.7 Å². The van der Waals surface area contributed by atoms with Crippen molar-refractivity contribution in [3.8, 4) is 0 Å². The SMILES string of the molecule is Nc1ccc2[nH]c3ccccc3c(=O)c2c1Br. The number of hydrogen-bond acceptors (Lipinski definition) is 2. The molecule has 0 spiro atoms. The van der Waals surface area contributed by atoms with E-state index in [0.29, 0.717) is 20.9 Å². The third-order valence-corrected chi connectivity index (χ3v) is 3.69. The Bertz CT molecular complexity index is 792. The van der Waals surface area contributed by atoms with E-state index < -0.39 is 0 Å². The maximum Gasteiger partial charge on any atom is 0.198 e. The van der Waals surface area contributed by atoms with E-state index in [-0.39, 0.29) is 5.43 Å². The lowest BCUT2D eigenvalue weighted by Crippen LogP contribution is -2.05. The largest absolute Gasteiger partial charge is 0.398 e. The van der Waals surface area contributed by atoms with Crippen LogP contribution in [0.3, 0.4) is 0 Å². The van der Waals surface area contributed by atoms with E-state index in [1.54, 1.807) is 6.07 Å². The van der Waals surface area contributed by atoms with Crippen molar-refractivity contribution in [1.29, 1.82) is 0 Å². The van der Waals surface area contributed by atoms with Crippen molar-refractivity contribution in [2.45, 2.75) is 0 Å². The van der Waals surface area contributed by atoms with Gasteiger partial charge in [-0.1, -0.05) is 12.1 Å². The molecule has 0 atom stereocenters. The van der Waals surface area contributed by atoms with E-state index in [9.17, 15) is 4.79 Å². The monoisotopic (exact) mass is 288 g/mol. The standard InChI is InChI=1S/C13H9BrN2O/c14-12-8(15)5-6-10-11(12)13(17)7-3-1-2-4-9(7)16-10/h1-6H,15H2,(H,16,17). The van der Waals surface area contributed by atoms with Crippen molar-refractivity contribution in [2.24, 2.45) is 0 Å². The zero-order chi connectivity index (χ0) is 12.0. The number of fused-ring (bicyclic) bond motifs is 2. The Labute approximate surface area is 105 Å². The number of nitrogens with two attached hydrogens (primary N) is 1. The van der Waals surface area contributed by atoms with E-state index in [4.69, 9.17) is 5.73 Å². The molecule has 3 N–H and O–H groups in total. The molecule has 0 aliphatic rings. The lowest BCUT2D eigenvalue weighted by atomic mass is 10.1. The summed E-state index contributed by atoms with van der Waals surface area (Å²) in [6, 6.07) is 11.0. The lowest BCUT2D eigenvalue weighted by molar-refractivity contribution is 1.47. The number of nitrogens with one attached hydrogen (secondary N) is 1. The van der Waals surface area contributed by atoms with Crippen LogP contribution in [0.15, 0.2) is 45.7 Å². The van der Waals surface area contributed by atoms with Crippen LogP contribution in [0.25, 0.3) is 21.8 Å². The van der Waals surface area contributed by atoms with Gasteiger partial charge in [-0.25, -0.2) is 0 Å². The van der Waals surface area contributed by atoms with Crippen LogP contribution in [0.5, 0.6) is 0 Å². The van der Waals surface area contributed by atoms with Gasteiger partial charge in [0.25, 0.3) is 0 Å². The van der Waals surface area contributed by atoms with Gasteiger partial charge in [-0.2, -0.15) is 0 Å². The average molecular weight is 289 g/mol. The topological polar surface area (TPSA) is 58.9 Å². The number of hydrogen-bond donors (Lipinski definition) is 2. The van der Waals surface area contributed by atoms with Gasteiger partial charge >= 0.3 is 0 Å². The van der Waals surface area contributed by atoms with Crippen LogP contribution < -0.4 is 11.2 Å². The molecule has 3 aromatic rings. The summed E-state index contributed by atoms with van der Waals surface area (Å²) in [4.78, 5) is 15.6. The second-order valence-corrected chi connectivity index (χ2v) is 4.68. The van der Waals surface area contributed by atoms with Gasteiger partial charge in [0.05, 0.1) is 15.4 Å². The van der Waals surface area contributed by atoms with Crippen molar-refractivity contribution in [2.75, 3.05) is 5.73 Å². The van der Waals surface area contributed by atoms with Crippen molar-refractivity contribution in [3.63, 3.8) is 0 Å². The molecule has 4 heteroatoms. The molecule has 3 rings (SSSR count). The van der Waals surface area contributed by atoms with Crippen LogP contribution in [-0.2, 0) is 0 Å². The van der Waals surface area contributed by atoms with Crippen LogP contribution >= 0.6 is 15.9 Å². The first-order chi connectivity index (χ1) is 8.18. The second-order valence-electron chi connectivity index (χ2n) is 3.89. The molecule has 17 heavy (non-hydrogen) atoms. The highest BCUT2D eigenvalue weighted by atomic mass is 79.9. The Hall–Kier alpha value is -1.81. The Morgan fingerprint density at radius 1 is 1.06 bits per heavy atom. The zero-order valence-electron chi connectivity index (χ0n) is 8.83. The number of para-hydroxylation sites is 1. The first-order valence-corrected chi connectivity index (χ1v) is 5.96. The van der Waals surface area contributed by atoms with Gasteiger partial charge in [0.15, 0.2) is 5.43 Å². The number of benzene rings is 2. The molecule has 0 saturated carbocycles. The summed E-state index contributed by atoms with van der Waals surface area (Å²) in [5.41, 5.74) is 7.98. The van der Waals surface area contributed by atoms with E-state index in [1.165, 1.54) is 0 Å². The van der Waals surface area contributed by atoms with Crippen LogP contribution in [0.2, 0.25) is 0 Å². The third-order valence-electron chi connectivity index (χ3n) is 2.84. The minimum Gasteiger partial charge on any atom is -0.398 e. The zero-order valence-corrected chi connectivity index (χ0v) is 10.4. The average Bonchev–Trinajstić information content (AvgIpc) is 2.34. The highest BCUT2D eigenvalue weighted by Gasteiger charge is 2.09. The van der Waals surface area contributed by atoms with Gasteiger partial charge in [0.1, 0.15) is 0 Å². The second kappa shape index (κ2) is 3.60. The maximum absolute atomic E-state index is 12.4. The minimum absolute atomic E-state index is 0.00600. The fraction of sp³-hybridized carbons (Fsp3) is 0. The molecule has 0 aliphatic carbocycles. The van der Waals surface area contributed by atoms with Crippen LogP contribution in [0.4, 0.5) is 5.69 Å². The quantitative estimate of drug-likeness (QED) is 0.493. The van der Waals surface area contributed by atoms with Crippen molar-refractivity contribution >= 4 is 43.4 Å². The molecule has 0 saturated heterocycles. The van der Waals surface area contributed by atoms with Gasteiger partial charge in [-0.05, 0) is 40.2 Å². The van der Waals surface area contributed by atoms with Crippen LogP contribution in [0.1, 0.15) is 0 Å². The molecule has 0 fully saturated rings. The molecule has 0 amide bonds. The predicted molar refractivity (Wildman–Crippen MR) is 74.2 cm³/mol. The number of aromatic nitrogens is 1.